The van der Waals surface area contributed by atoms with Gasteiger partial charge in [0, 0.05) is 25.0 Å². The molecular formula is C7H8O5PSiZn+. The van der Waals surface area contributed by atoms with Crippen LogP contribution in [0.5, 0.6) is 0 Å². The fraction of sp³-hybridized carbons (Fsp3) is 0.143. The van der Waals surface area contributed by atoms with Gasteiger partial charge in [-0.3, -0.25) is 4.46 Å². The van der Waals surface area contributed by atoms with Crippen LogP contribution in [0.1, 0.15) is 11.4 Å². The topological polar surface area (TPSA) is 83.8 Å². The predicted molar refractivity (Wildman–Crippen MR) is 48.8 cm³/mol. The molecule has 2 N–H and O–H groups in total. The fourth-order valence-corrected chi connectivity index (χ4v) is 2.34. The van der Waals surface area contributed by atoms with Gasteiger partial charge in [-0.1, -0.05) is 30.3 Å². The van der Waals surface area contributed by atoms with Crippen LogP contribution in [0.25, 0.3) is 0 Å². The number of rotatable bonds is 4. The summed E-state index contributed by atoms with van der Waals surface area (Å²) in [6.07, 6.45) is 0. The van der Waals surface area contributed by atoms with Crippen LogP contribution in [0.4, 0.5) is 0 Å². The largest absolute Gasteiger partial charge is 0.768 e. The van der Waals surface area contributed by atoms with Crippen LogP contribution >= 0.6 is 8.03 Å². The third-order valence-electron chi connectivity index (χ3n) is 1.50. The second kappa shape index (κ2) is 6.90. The molecule has 0 saturated carbocycles. The maximum Gasteiger partial charge on any atom is 0.768 e. The van der Waals surface area contributed by atoms with Crippen LogP contribution in [0, 0.1) is 0 Å². The standard InChI is InChI=1S/C7H7O5PSi.Zn/c8-13(9)7(12-14(10)11)6-4-2-1-3-5-6;/h1-5,7,10H;/p+1. The Labute approximate surface area is 102 Å². The zero-order valence-electron chi connectivity index (χ0n) is 7.74. The first-order valence-corrected chi connectivity index (χ1v) is 6.25. The molecule has 0 fully saturated rings. The summed E-state index contributed by atoms with van der Waals surface area (Å²) in [6.45, 7) is 0. The van der Waals surface area contributed by atoms with Crippen LogP contribution in [0.2, 0.25) is 0 Å². The third-order valence-corrected chi connectivity index (χ3v) is 2.94. The van der Waals surface area contributed by atoms with E-state index in [0.717, 1.165) is 0 Å². The van der Waals surface area contributed by atoms with Gasteiger partial charge in [-0.05, 0) is 4.57 Å². The number of benzene rings is 1. The number of hydrogen-bond acceptors (Lipinski definition) is 3. The Hall–Kier alpha value is -0.480. The van der Waals surface area contributed by atoms with Crippen molar-refractivity contribution in [1.29, 1.82) is 0 Å². The summed E-state index contributed by atoms with van der Waals surface area (Å²) in [5.41, 5.74) is 0.406. The van der Waals surface area contributed by atoms with E-state index in [4.69, 9.17) is 9.69 Å². The molecule has 0 heterocycles. The minimum Gasteiger partial charge on any atom is -0.511 e. The Morgan fingerprint density at radius 3 is 2.27 bits per heavy atom. The summed E-state index contributed by atoms with van der Waals surface area (Å²) in [7, 11) is -5.90. The van der Waals surface area contributed by atoms with Gasteiger partial charge in [0.15, 0.2) is 0 Å². The third kappa shape index (κ3) is 4.71. The molecule has 0 amide bonds. The first kappa shape index (κ1) is 14.5. The molecule has 0 aliphatic carbocycles. The van der Waals surface area contributed by atoms with E-state index in [-0.39, 0.29) is 19.5 Å². The molecule has 5 nitrogen and oxygen atoms in total. The van der Waals surface area contributed by atoms with Crippen molar-refractivity contribution in [3.05, 3.63) is 35.9 Å². The predicted octanol–water partition coefficient (Wildman–Crippen LogP) is 0.842. The molecule has 0 aromatic heterocycles. The molecule has 0 bridgehead atoms. The first-order chi connectivity index (χ1) is 6.61. The molecular weight excluding hydrogens is 289 g/mol. The van der Waals surface area contributed by atoms with E-state index >= 15 is 0 Å². The molecule has 1 aromatic carbocycles. The van der Waals surface area contributed by atoms with E-state index in [2.05, 4.69) is 4.43 Å². The first-order valence-electron chi connectivity index (χ1n) is 3.71. The van der Waals surface area contributed by atoms with E-state index in [1.165, 1.54) is 0 Å². The summed E-state index contributed by atoms with van der Waals surface area (Å²) in [5, 5.41) is 0. The van der Waals surface area contributed by atoms with Gasteiger partial charge in [-0.25, -0.2) is 0 Å². The Morgan fingerprint density at radius 2 is 1.87 bits per heavy atom. The monoisotopic (exact) mass is 295 g/mol. The molecule has 76 valence electrons. The van der Waals surface area contributed by atoms with Crippen molar-refractivity contribution in [3.8, 4) is 0 Å². The van der Waals surface area contributed by atoms with Gasteiger partial charge >= 0.3 is 23.0 Å². The van der Waals surface area contributed by atoms with Crippen molar-refractivity contribution in [1.82, 2.24) is 0 Å². The SMILES string of the molecule is O=[Si](O)OC(c1ccccc1)[P+](=O)O.[Zn]. The Bertz CT molecular complexity index is 346. The van der Waals surface area contributed by atoms with E-state index < -0.39 is 23.0 Å². The molecule has 2 atom stereocenters. The molecule has 0 radical (unpaired) electrons. The van der Waals surface area contributed by atoms with Gasteiger partial charge in [0.1, 0.15) is 0 Å². The molecule has 1 aromatic rings. The molecule has 8 heteroatoms. The van der Waals surface area contributed by atoms with E-state index in [1.807, 2.05) is 0 Å². The van der Waals surface area contributed by atoms with Crippen molar-refractivity contribution in [2.75, 3.05) is 0 Å². The molecule has 2 unspecified atom stereocenters. The van der Waals surface area contributed by atoms with Crippen LogP contribution in [0.15, 0.2) is 30.3 Å². The average molecular weight is 297 g/mol. The summed E-state index contributed by atoms with van der Waals surface area (Å²) in [4.78, 5) is 17.4. The summed E-state index contributed by atoms with van der Waals surface area (Å²) in [5.74, 6) is -1.23. The quantitative estimate of drug-likeness (QED) is 0.635. The zero-order valence-corrected chi connectivity index (χ0v) is 12.6. The zero-order chi connectivity index (χ0) is 10.6. The van der Waals surface area contributed by atoms with Crippen LogP contribution < -0.4 is 0 Å². The van der Waals surface area contributed by atoms with Gasteiger partial charge in [-0.2, -0.15) is 4.89 Å². The minimum atomic E-state index is -3.22. The Kier molecular flexibility index (Phi) is 6.68. The minimum absolute atomic E-state index is 0. The van der Waals surface area contributed by atoms with Gasteiger partial charge < -0.3 is 9.22 Å². The van der Waals surface area contributed by atoms with E-state index in [1.54, 1.807) is 30.3 Å². The van der Waals surface area contributed by atoms with Gasteiger partial charge in [0.05, 0.1) is 0 Å². The van der Waals surface area contributed by atoms with Gasteiger partial charge in [-0.15, -0.1) is 0 Å². The van der Waals surface area contributed by atoms with E-state index in [9.17, 15) is 9.03 Å². The van der Waals surface area contributed by atoms with Gasteiger partial charge in [0.25, 0.3) is 0 Å². The van der Waals surface area contributed by atoms with Crippen LogP contribution in [-0.4, -0.2) is 18.9 Å². The summed E-state index contributed by atoms with van der Waals surface area (Å²) >= 11 is 0. The van der Waals surface area contributed by atoms with Crippen molar-refractivity contribution in [2.24, 2.45) is 0 Å². The molecule has 15 heavy (non-hydrogen) atoms. The Morgan fingerprint density at radius 1 is 1.33 bits per heavy atom. The molecule has 1 rings (SSSR count). The van der Waals surface area contributed by atoms with E-state index in [0.29, 0.717) is 5.56 Å². The normalized spacial score (nSPS) is 12.2. The van der Waals surface area contributed by atoms with Crippen molar-refractivity contribution in [3.63, 3.8) is 0 Å². The van der Waals surface area contributed by atoms with Crippen molar-refractivity contribution >= 4 is 17.2 Å². The molecule has 0 spiro atoms. The second-order valence-corrected chi connectivity index (χ2v) is 4.29. The maximum atomic E-state index is 10.8. The average Bonchev–Trinajstić information content (AvgIpc) is 2.15. The van der Waals surface area contributed by atoms with Crippen molar-refractivity contribution < 1.29 is 42.6 Å². The van der Waals surface area contributed by atoms with Gasteiger partial charge in [0.2, 0.25) is 0 Å². The summed E-state index contributed by atoms with van der Waals surface area (Å²) < 4.78 is 25.7. The summed E-state index contributed by atoms with van der Waals surface area (Å²) in [6, 6.07) is 8.14. The molecule has 0 saturated heterocycles. The molecule has 0 aliphatic heterocycles. The van der Waals surface area contributed by atoms with Crippen LogP contribution in [0.3, 0.4) is 0 Å². The van der Waals surface area contributed by atoms with Crippen molar-refractivity contribution in [2.45, 2.75) is 5.85 Å². The Balaban J connectivity index is 0.00000196. The number of hydrogen-bond donors (Lipinski definition) is 2. The van der Waals surface area contributed by atoms with Crippen LogP contribution in [-0.2, 0) is 32.9 Å². The fourth-order valence-electron chi connectivity index (χ4n) is 0.954. The smallest absolute Gasteiger partial charge is 0.511 e. The maximum absolute atomic E-state index is 10.8. The second-order valence-electron chi connectivity index (χ2n) is 2.45. The molecule has 0 aliphatic rings.